The van der Waals surface area contributed by atoms with Gasteiger partial charge in [-0.2, -0.15) is 5.10 Å². The first-order valence-corrected chi connectivity index (χ1v) is 10.6. The Morgan fingerprint density at radius 3 is 2.58 bits per heavy atom. The van der Waals surface area contributed by atoms with E-state index in [-0.39, 0.29) is 5.56 Å². The first-order valence-electron chi connectivity index (χ1n) is 9.68. The van der Waals surface area contributed by atoms with Gasteiger partial charge in [-0.05, 0) is 56.0 Å². The lowest BCUT2D eigenvalue weighted by Crippen LogP contribution is -2.53. The average Bonchev–Trinajstić information content (AvgIpc) is 3.28. The maximum absolute atomic E-state index is 12.3. The normalized spacial score (nSPS) is 31.4. The van der Waals surface area contributed by atoms with Crippen LogP contribution in [0.15, 0.2) is 34.4 Å². The first kappa shape index (κ1) is 16.7. The second kappa shape index (κ2) is 6.29. The van der Waals surface area contributed by atoms with E-state index in [1.807, 2.05) is 6.07 Å². The Labute approximate surface area is 157 Å². The molecular weight excluding hydrogens is 346 g/mol. The zero-order valence-electron chi connectivity index (χ0n) is 14.9. The van der Waals surface area contributed by atoms with Gasteiger partial charge in [0.15, 0.2) is 0 Å². The first-order chi connectivity index (χ1) is 12.6. The third kappa shape index (κ3) is 3.15. The maximum atomic E-state index is 12.3. The van der Waals surface area contributed by atoms with Crippen molar-refractivity contribution in [1.82, 2.24) is 14.7 Å². The lowest BCUT2D eigenvalue weighted by Gasteiger charge is -2.43. The minimum Gasteiger partial charge on any atom is -0.388 e. The Morgan fingerprint density at radius 2 is 1.92 bits per heavy atom. The van der Waals surface area contributed by atoms with E-state index in [1.54, 1.807) is 17.4 Å². The zero-order valence-corrected chi connectivity index (χ0v) is 15.7. The molecular formula is C20H25N3O2S. The quantitative estimate of drug-likeness (QED) is 0.878. The lowest BCUT2D eigenvalue weighted by molar-refractivity contribution is -0.0675. The Balaban J connectivity index is 1.33. The minimum atomic E-state index is -0.823. The summed E-state index contributed by atoms with van der Waals surface area (Å²) in [6.45, 7) is 1.31. The van der Waals surface area contributed by atoms with Crippen LogP contribution in [0.2, 0.25) is 0 Å². The predicted molar refractivity (Wildman–Crippen MR) is 101 cm³/mol. The summed E-state index contributed by atoms with van der Waals surface area (Å²) >= 11 is 1.80. The van der Waals surface area contributed by atoms with Crippen molar-refractivity contribution < 1.29 is 5.11 Å². The molecule has 5 rings (SSSR count). The van der Waals surface area contributed by atoms with E-state index in [1.165, 1.54) is 9.56 Å². The lowest BCUT2D eigenvalue weighted by atomic mass is 9.86. The molecule has 1 N–H and O–H groups in total. The molecule has 0 amide bonds. The van der Waals surface area contributed by atoms with Crippen LogP contribution >= 0.6 is 11.3 Å². The number of thiophene rings is 1. The van der Waals surface area contributed by atoms with E-state index in [0.717, 1.165) is 50.8 Å². The highest BCUT2D eigenvalue weighted by Gasteiger charge is 2.47. The van der Waals surface area contributed by atoms with E-state index in [9.17, 15) is 9.90 Å². The Bertz CT molecular complexity index is 829. The van der Waals surface area contributed by atoms with Crippen LogP contribution in [0.1, 0.15) is 55.0 Å². The van der Waals surface area contributed by atoms with E-state index in [2.05, 4.69) is 27.5 Å². The monoisotopic (exact) mass is 371 g/mol. The molecule has 138 valence electrons. The van der Waals surface area contributed by atoms with E-state index < -0.39 is 5.60 Å². The molecule has 3 fully saturated rings. The third-order valence-corrected chi connectivity index (χ3v) is 7.11. The fraction of sp³-hybridized carbons (Fsp3) is 0.600. The SMILES string of the molecule is O=c1ccc(C2CC2)nn1CC1(O)C[C@H]2CC[C@H](C1)N2Cc1cccs1. The molecule has 26 heavy (non-hydrogen) atoms. The number of rotatable bonds is 5. The van der Waals surface area contributed by atoms with Gasteiger partial charge in [0, 0.05) is 35.5 Å². The van der Waals surface area contributed by atoms with Gasteiger partial charge in [0.25, 0.3) is 5.56 Å². The van der Waals surface area contributed by atoms with Gasteiger partial charge < -0.3 is 5.11 Å². The van der Waals surface area contributed by atoms with Crippen molar-refractivity contribution in [3.63, 3.8) is 0 Å². The summed E-state index contributed by atoms with van der Waals surface area (Å²) in [4.78, 5) is 16.2. The van der Waals surface area contributed by atoms with Crippen molar-refractivity contribution in [3.8, 4) is 0 Å². The summed E-state index contributed by atoms with van der Waals surface area (Å²) in [6, 6.07) is 8.58. The van der Waals surface area contributed by atoms with Gasteiger partial charge in [-0.25, -0.2) is 4.68 Å². The Hall–Kier alpha value is -1.50. The van der Waals surface area contributed by atoms with Gasteiger partial charge in [0.1, 0.15) is 0 Å². The van der Waals surface area contributed by atoms with Gasteiger partial charge in [-0.3, -0.25) is 9.69 Å². The van der Waals surface area contributed by atoms with Crippen molar-refractivity contribution in [2.24, 2.45) is 0 Å². The molecule has 2 aliphatic heterocycles. The van der Waals surface area contributed by atoms with Gasteiger partial charge in [0.05, 0.1) is 17.8 Å². The molecule has 1 saturated carbocycles. The fourth-order valence-corrected chi connectivity index (χ4v) is 5.55. The number of aliphatic hydroxyl groups is 1. The summed E-state index contributed by atoms with van der Waals surface area (Å²) in [6.07, 6.45) is 6.08. The van der Waals surface area contributed by atoms with E-state index in [0.29, 0.717) is 24.5 Å². The zero-order chi connectivity index (χ0) is 17.7. The molecule has 2 aromatic heterocycles. The second-order valence-electron chi connectivity index (χ2n) is 8.30. The molecule has 0 radical (unpaired) electrons. The van der Waals surface area contributed by atoms with Crippen LogP contribution < -0.4 is 5.56 Å². The summed E-state index contributed by atoms with van der Waals surface area (Å²) in [5.74, 6) is 0.514. The molecule has 0 spiro atoms. The highest BCUT2D eigenvalue weighted by atomic mass is 32.1. The molecule has 2 aromatic rings. The van der Waals surface area contributed by atoms with Crippen LogP contribution in [0.25, 0.3) is 0 Å². The van der Waals surface area contributed by atoms with Gasteiger partial charge in [0.2, 0.25) is 0 Å². The molecule has 4 heterocycles. The fourth-order valence-electron chi connectivity index (χ4n) is 4.84. The number of fused-ring (bicyclic) bond motifs is 2. The van der Waals surface area contributed by atoms with Crippen molar-refractivity contribution in [3.05, 3.63) is 50.6 Å². The van der Waals surface area contributed by atoms with Crippen LogP contribution in [0, 0.1) is 0 Å². The maximum Gasteiger partial charge on any atom is 0.266 e. The van der Waals surface area contributed by atoms with Crippen molar-refractivity contribution >= 4 is 11.3 Å². The van der Waals surface area contributed by atoms with Crippen molar-refractivity contribution in [2.75, 3.05) is 0 Å². The molecule has 2 saturated heterocycles. The van der Waals surface area contributed by atoms with E-state index >= 15 is 0 Å². The predicted octanol–water partition coefficient (Wildman–Crippen LogP) is 2.74. The number of hydrogen-bond donors (Lipinski definition) is 1. The van der Waals surface area contributed by atoms with Gasteiger partial charge in [-0.15, -0.1) is 11.3 Å². The van der Waals surface area contributed by atoms with Gasteiger partial charge in [-0.1, -0.05) is 6.07 Å². The largest absolute Gasteiger partial charge is 0.388 e. The standard InChI is InChI=1S/C20H25N3O2S/c24-19-8-7-18(14-3-4-14)21-23(19)13-20(25)10-15-5-6-16(11-20)22(15)12-17-2-1-9-26-17/h1-2,7-9,14-16,25H,3-6,10-13H2/t15-,16-/m1/s1. The molecule has 3 aliphatic rings. The molecule has 0 aromatic carbocycles. The summed E-state index contributed by atoms with van der Waals surface area (Å²) in [5.41, 5.74) is 0.0824. The molecule has 6 heteroatoms. The van der Waals surface area contributed by atoms with Crippen LogP contribution in [0.5, 0.6) is 0 Å². The number of hydrogen-bond acceptors (Lipinski definition) is 5. The number of nitrogens with zero attached hydrogens (tertiary/aromatic N) is 3. The summed E-state index contributed by atoms with van der Waals surface area (Å²) in [7, 11) is 0. The number of piperidine rings is 1. The topological polar surface area (TPSA) is 58.4 Å². The van der Waals surface area contributed by atoms with Crippen LogP contribution in [0.3, 0.4) is 0 Å². The molecule has 2 bridgehead atoms. The molecule has 1 aliphatic carbocycles. The number of aromatic nitrogens is 2. The Morgan fingerprint density at radius 1 is 1.15 bits per heavy atom. The summed E-state index contributed by atoms with van der Waals surface area (Å²) in [5, 5.41) is 18.0. The van der Waals surface area contributed by atoms with E-state index in [4.69, 9.17) is 0 Å². The highest BCUT2D eigenvalue weighted by Crippen LogP contribution is 2.42. The highest BCUT2D eigenvalue weighted by molar-refractivity contribution is 7.09. The second-order valence-corrected chi connectivity index (χ2v) is 9.33. The third-order valence-electron chi connectivity index (χ3n) is 6.25. The van der Waals surface area contributed by atoms with Crippen LogP contribution in [-0.4, -0.2) is 37.5 Å². The molecule has 5 nitrogen and oxygen atoms in total. The van der Waals surface area contributed by atoms with Crippen molar-refractivity contribution in [2.45, 2.75) is 75.2 Å². The summed E-state index contributed by atoms with van der Waals surface area (Å²) < 4.78 is 1.52. The smallest absolute Gasteiger partial charge is 0.266 e. The minimum absolute atomic E-state index is 0.101. The van der Waals surface area contributed by atoms with Crippen LogP contribution in [-0.2, 0) is 13.1 Å². The molecule has 2 atom stereocenters. The Kier molecular flexibility index (Phi) is 4.03. The average molecular weight is 372 g/mol. The van der Waals surface area contributed by atoms with Gasteiger partial charge >= 0.3 is 0 Å². The van der Waals surface area contributed by atoms with Crippen molar-refractivity contribution in [1.29, 1.82) is 0 Å². The molecule has 0 unspecified atom stereocenters. The van der Waals surface area contributed by atoms with Crippen LogP contribution in [0.4, 0.5) is 0 Å².